The molecule has 5 nitrogen and oxygen atoms in total. The van der Waals surface area contributed by atoms with E-state index in [1.807, 2.05) is 7.05 Å². The topological polar surface area (TPSA) is 69.6 Å². The van der Waals surface area contributed by atoms with Crippen molar-refractivity contribution in [1.29, 1.82) is 0 Å². The number of hydrogen-bond acceptors (Lipinski definition) is 2. The van der Waals surface area contributed by atoms with Gasteiger partial charge in [-0.15, -0.1) is 0 Å². The van der Waals surface area contributed by atoms with Gasteiger partial charge in [0.1, 0.15) is 0 Å². The van der Waals surface area contributed by atoms with Crippen LogP contribution >= 0.6 is 0 Å². The number of carbonyl (C=O) groups excluding carboxylic acids is 1. The lowest BCUT2D eigenvalue weighted by molar-refractivity contribution is -0.137. The third-order valence-electron chi connectivity index (χ3n) is 3.95. The van der Waals surface area contributed by atoms with Crippen molar-refractivity contribution in [2.24, 2.45) is 5.92 Å². The molecule has 0 spiro atoms. The second-order valence-electron chi connectivity index (χ2n) is 5.82. The van der Waals surface area contributed by atoms with Gasteiger partial charge in [-0.05, 0) is 31.6 Å². The zero-order valence-electron chi connectivity index (χ0n) is 12.6. The summed E-state index contributed by atoms with van der Waals surface area (Å²) in [6.45, 7) is 1.55. The highest BCUT2D eigenvalue weighted by molar-refractivity contribution is 5.73. The Morgan fingerprint density at radius 2 is 1.80 bits per heavy atom. The van der Waals surface area contributed by atoms with E-state index < -0.39 is 5.97 Å². The molecule has 0 aromatic rings. The molecule has 5 heteroatoms. The van der Waals surface area contributed by atoms with Crippen LogP contribution in [0, 0.1) is 5.92 Å². The van der Waals surface area contributed by atoms with Crippen LogP contribution in [-0.4, -0.2) is 42.1 Å². The lowest BCUT2D eigenvalue weighted by atomic mass is 10.1. The lowest BCUT2D eigenvalue weighted by Crippen LogP contribution is -2.39. The van der Waals surface area contributed by atoms with Crippen molar-refractivity contribution >= 4 is 12.0 Å². The normalized spacial score (nSPS) is 15.2. The quantitative estimate of drug-likeness (QED) is 0.640. The molecule has 1 fully saturated rings. The number of carboxylic acids is 1. The van der Waals surface area contributed by atoms with E-state index in [1.165, 1.54) is 25.7 Å². The average Bonchev–Trinajstić information content (AvgIpc) is 2.89. The number of unbranched alkanes of at least 4 members (excludes halogenated alkanes) is 3. The van der Waals surface area contributed by atoms with Gasteiger partial charge in [0.05, 0.1) is 0 Å². The first-order valence-corrected chi connectivity index (χ1v) is 7.80. The Hall–Kier alpha value is -1.26. The highest BCUT2D eigenvalue weighted by Crippen LogP contribution is 2.25. The number of rotatable bonds is 9. The summed E-state index contributed by atoms with van der Waals surface area (Å²) in [5.74, 6) is -0.0476. The summed E-state index contributed by atoms with van der Waals surface area (Å²) in [4.78, 5) is 24.0. The number of aliphatic carboxylic acids is 1. The zero-order chi connectivity index (χ0) is 14.8. The minimum absolute atomic E-state index is 0.0161. The van der Waals surface area contributed by atoms with Crippen LogP contribution in [0.15, 0.2) is 0 Å². The number of amides is 2. The Labute approximate surface area is 121 Å². The molecule has 0 radical (unpaired) electrons. The predicted octanol–water partition coefficient (Wildman–Crippen LogP) is 2.85. The number of carbonyl (C=O) groups is 2. The highest BCUT2D eigenvalue weighted by Gasteiger charge is 2.18. The van der Waals surface area contributed by atoms with Gasteiger partial charge in [0.25, 0.3) is 0 Å². The first-order valence-electron chi connectivity index (χ1n) is 7.80. The van der Waals surface area contributed by atoms with Gasteiger partial charge in [-0.1, -0.05) is 25.7 Å². The van der Waals surface area contributed by atoms with E-state index in [0.717, 1.165) is 32.2 Å². The summed E-state index contributed by atoms with van der Waals surface area (Å²) >= 11 is 0. The summed E-state index contributed by atoms with van der Waals surface area (Å²) in [5, 5.41) is 11.4. The maximum atomic E-state index is 11.8. The summed E-state index contributed by atoms with van der Waals surface area (Å²) in [6, 6.07) is 0.0161. The Morgan fingerprint density at radius 3 is 2.45 bits per heavy atom. The summed E-state index contributed by atoms with van der Waals surface area (Å²) in [5.41, 5.74) is 0. The summed E-state index contributed by atoms with van der Waals surface area (Å²) < 4.78 is 0. The largest absolute Gasteiger partial charge is 0.481 e. The Morgan fingerprint density at radius 1 is 1.15 bits per heavy atom. The van der Waals surface area contributed by atoms with Crippen molar-refractivity contribution in [3.8, 4) is 0 Å². The maximum Gasteiger partial charge on any atom is 0.317 e. The van der Waals surface area contributed by atoms with E-state index in [1.54, 1.807) is 4.90 Å². The van der Waals surface area contributed by atoms with Crippen molar-refractivity contribution in [2.75, 3.05) is 20.1 Å². The molecule has 0 heterocycles. The molecule has 1 aliphatic rings. The van der Waals surface area contributed by atoms with Crippen LogP contribution in [0.1, 0.15) is 57.8 Å². The summed E-state index contributed by atoms with van der Waals surface area (Å²) in [7, 11) is 1.86. The predicted molar refractivity (Wildman–Crippen MR) is 78.7 cm³/mol. The van der Waals surface area contributed by atoms with Crippen LogP contribution < -0.4 is 5.32 Å². The van der Waals surface area contributed by atoms with Crippen molar-refractivity contribution in [3.63, 3.8) is 0 Å². The van der Waals surface area contributed by atoms with Gasteiger partial charge in [0, 0.05) is 26.6 Å². The van der Waals surface area contributed by atoms with Gasteiger partial charge in [-0.25, -0.2) is 4.79 Å². The minimum atomic E-state index is -0.730. The second-order valence-corrected chi connectivity index (χ2v) is 5.82. The van der Waals surface area contributed by atoms with Crippen LogP contribution in [0.3, 0.4) is 0 Å². The molecule has 0 aromatic heterocycles. The van der Waals surface area contributed by atoms with Crippen molar-refractivity contribution in [3.05, 3.63) is 0 Å². The lowest BCUT2D eigenvalue weighted by Gasteiger charge is -2.21. The molecular formula is C15H28N2O3. The standard InChI is InChI=1S/C15H28N2O3/c1-17(12-13-8-5-6-9-13)15(20)16-11-7-3-2-4-10-14(18)19/h13H,2-12H2,1H3,(H,16,20)(H,18,19). The van der Waals surface area contributed by atoms with Crippen LogP contribution in [0.25, 0.3) is 0 Å². The first-order chi connectivity index (χ1) is 9.59. The van der Waals surface area contributed by atoms with Crippen molar-refractivity contribution in [2.45, 2.75) is 57.8 Å². The molecule has 2 amide bonds. The molecule has 0 atom stereocenters. The fourth-order valence-corrected chi connectivity index (χ4v) is 2.75. The SMILES string of the molecule is CN(CC1CCCC1)C(=O)NCCCCCCC(=O)O. The van der Waals surface area contributed by atoms with E-state index in [9.17, 15) is 9.59 Å². The van der Waals surface area contributed by atoms with Crippen molar-refractivity contribution in [1.82, 2.24) is 10.2 Å². The number of nitrogens with one attached hydrogen (secondary N) is 1. The Bertz CT molecular complexity index is 301. The van der Waals surface area contributed by atoms with Crippen LogP contribution in [0.4, 0.5) is 4.79 Å². The molecule has 116 valence electrons. The molecular weight excluding hydrogens is 256 g/mol. The molecule has 1 saturated carbocycles. The number of urea groups is 1. The van der Waals surface area contributed by atoms with E-state index in [0.29, 0.717) is 12.5 Å². The smallest absolute Gasteiger partial charge is 0.317 e. The fraction of sp³-hybridized carbons (Fsp3) is 0.867. The molecule has 0 aliphatic heterocycles. The highest BCUT2D eigenvalue weighted by atomic mass is 16.4. The monoisotopic (exact) mass is 284 g/mol. The third kappa shape index (κ3) is 7.36. The molecule has 0 bridgehead atoms. The van der Waals surface area contributed by atoms with Crippen LogP contribution in [0.2, 0.25) is 0 Å². The van der Waals surface area contributed by atoms with Gasteiger partial charge in [0.15, 0.2) is 0 Å². The second kappa shape index (κ2) is 9.61. The van der Waals surface area contributed by atoms with Gasteiger partial charge >= 0.3 is 12.0 Å². The van der Waals surface area contributed by atoms with Crippen molar-refractivity contribution < 1.29 is 14.7 Å². The fourth-order valence-electron chi connectivity index (χ4n) is 2.75. The van der Waals surface area contributed by atoms with E-state index in [-0.39, 0.29) is 12.5 Å². The minimum Gasteiger partial charge on any atom is -0.481 e. The average molecular weight is 284 g/mol. The molecule has 2 N–H and O–H groups in total. The van der Waals surface area contributed by atoms with E-state index >= 15 is 0 Å². The number of hydrogen-bond donors (Lipinski definition) is 2. The molecule has 0 saturated heterocycles. The van der Waals surface area contributed by atoms with Gasteiger partial charge in [0.2, 0.25) is 0 Å². The first kappa shape index (κ1) is 16.8. The van der Waals surface area contributed by atoms with E-state index in [2.05, 4.69) is 5.32 Å². The molecule has 0 unspecified atom stereocenters. The van der Waals surface area contributed by atoms with Crippen LogP contribution in [0.5, 0.6) is 0 Å². The Balaban J connectivity index is 1.97. The molecule has 0 aromatic carbocycles. The van der Waals surface area contributed by atoms with Gasteiger partial charge in [-0.2, -0.15) is 0 Å². The zero-order valence-corrected chi connectivity index (χ0v) is 12.6. The molecule has 20 heavy (non-hydrogen) atoms. The molecule has 1 aliphatic carbocycles. The summed E-state index contributed by atoms with van der Waals surface area (Å²) in [6.07, 6.45) is 8.89. The third-order valence-corrected chi connectivity index (χ3v) is 3.95. The van der Waals surface area contributed by atoms with Crippen LogP contribution in [-0.2, 0) is 4.79 Å². The van der Waals surface area contributed by atoms with Gasteiger partial charge in [-0.3, -0.25) is 4.79 Å². The van der Waals surface area contributed by atoms with Gasteiger partial charge < -0.3 is 15.3 Å². The van der Waals surface area contributed by atoms with E-state index in [4.69, 9.17) is 5.11 Å². The Kier molecular flexibility index (Phi) is 8.07. The number of carboxylic acid groups (broad SMARTS) is 1. The molecule has 1 rings (SSSR count). The number of nitrogens with zero attached hydrogens (tertiary/aromatic N) is 1. The maximum absolute atomic E-state index is 11.8.